The summed E-state index contributed by atoms with van der Waals surface area (Å²) in [4.78, 5) is 37.9. The molecule has 1 heterocycles. The minimum atomic E-state index is -0.470. The molecular formula is C30H44N2O5. The van der Waals surface area contributed by atoms with Crippen molar-refractivity contribution < 1.29 is 23.9 Å². The summed E-state index contributed by atoms with van der Waals surface area (Å²) in [5.74, 6) is 1.50. The van der Waals surface area contributed by atoms with Crippen molar-refractivity contribution in [3.63, 3.8) is 0 Å². The van der Waals surface area contributed by atoms with Gasteiger partial charge in [0.2, 0.25) is 5.91 Å². The highest BCUT2D eigenvalue weighted by Gasteiger charge is 2.27. The van der Waals surface area contributed by atoms with Crippen molar-refractivity contribution >= 4 is 17.8 Å². The summed E-state index contributed by atoms with van der Waals surface area (Å²) < 4.78 is 11.6. The lowest BCUT2D eigenvalue weighted by atomic mass is 9.85. The Labute approximate surface area is 222 Å². The second-order valence-electron chi connectivity index (χ2n) is 11.2. The summed E-state index contributed by atoms with van der Waals surface area (Å²) in [6, 6.07) is 0. The summed E-state index contributed by atoms with van der Waals surface area (Å²) in [6.45, 7) is 9.99. The molecule has 1 N–H and O–H groups in total. The molecule has 2 aliphatic carbocycles. The predicted octanol–water partition coefficient (Wildman–Crippen LogP) is 5.63. The Balaban J connectivity index is 1.42. The zero-order valence-corrected chi connectivity index (χ0v) is 23.0. The summed E-state index contributed by atoms with van der Waals surface area (Å²) in [6.07, 6.45) is 16.4. The number of allylic oxidation sites excluding steroid dienone is 7. The largest absolute Gasteiger partial charge is 0.493 e. The number of ketones is 1. The smallest absolute Gasteiger partial charge is 0.410 e. The third-order valence-electron chi connectivity index (χ3n) is 7.11. The van der Waals surface area contributed by atoms with E-state index in [1.165, 1.54) is 11.1 Å². The molecule has 7 heteroatoms. The van der Waals surface area contributed by atoms with Crippen LogP contribution in [0.25, 0.3) is 0 Å². The number of rotatable bonds is 9. The number of hydrogen-bond donors (Lipinski definition) is 1. The maximum Gasteiger partial charge on any atom is 0.410 e. The topological polar surface area (TPSA) is 84.9 Å². The van der Waals surface area contributed by atoms with E-state index in [1.54, 1.807) is 4.90 Å². The summed E-state index contributed by atoms with van der Waals surface area (Å²) >= 11 is 0. The molecule has 0 aromatic carbocycles. The highest BCUT2D eigenvalue weighted by molar-refractivity contribution is 5.81. The van der Waals surface area contributed by atoms with Crippen LogP contribution in [0.1, 0.15) is 79.1 Å². The van der Waals surface area contributed by atoms with Gasteiger partial charge < -0.3 is 19.7 Å². The molecule has 1 aliphatic heterocycles. The quantitative estimate of drug-likeness (QED) is 0.433. The number of nitrogens with zero attached hydrogens (tertiary/aromatic N) is 1. The standard InChI is InChI=1S/C30H44N2O5/c1-5-26(33)15-18-31-28(34)25-11-9-24(10-12-25)23-7-6-8-27(14-13-23)36-21-22-16-19-32(20-17-22)29(35)37-30(2,3)4/h6,8-9,13-14,22,25H,5,7,10-12,15-21H2,1-4H3,(H,31,34). The van der Waals surface area contributed by atoms with Gasteiger partial charge in [-0.15, -0.1) is 0 Å². The molecule has 0 aromatic rings. The zero-order chi connectivity index (χ0) is 26.8. The van der Waals surface area contributed by atoms with E-state index < -0.39 is 5.60 Å². The van der Waals surface area contributed by atoms with Gasteiger partial charge in [0.05, 0.1) is 6.61 Å². The predicted molar refractivity (Wildman–Crippen MR) is 145 cm³/mol. The van der Waals surface area contributed by atoms with E-state index in [0.29, 0.717) is 45.0 Å². The lowest BCUT2D eigenvalue weighted by Crippen LogP contribution is -2.42. The lowest BCUT2D eigenvalue weighted by molar-refractivity contribution is -0.125. The van der Waals surface area contributed by atoms with E-state index in [-0.39, 0.29) is 23.7 Å². The van der Waals surface area contributed by atoms with Gasteiger partial charge in [-0.2, -0.15) is 0 Å². The van der Waals surface area contributed by atoms with Gasteiger partial charge in [0.1, 0.15) is 17.1 Å². The molecule has 3 aliphatic rings. The van der Waals surface area contributed by atoms with Crippen LogP contribution in [0.4, 0.5) is 4.79 Å². The van der Waals surface area contributed by atoms with Crippen LogP contribution in [-0.2, 0) is 19.1 Å². The van der Waals surface area contributed by atoms with Crippen LogP contribution in [0.2, 0.25) is 0 Å². The van der Waals surface area contributed by atoms with Gasteiger partial charge in [-0.25, -0.2) is 4.79 Å². The number of carbonyl (C=O) groups excluding carboxylic acids is 3. The molecular weight excluding hydrogens is 468 g/mol. The monoisotopic (exact) mass is 512 g/mol. The zero-order valence-electron chi connectivity index (χ0n) is 23.0. The number of piperidine rings is 1. The van der Waals surface area contributed by atoms with Crippen molar-refractivity contribution in [3.05, 3.63) is 47.3 Å². The average molecular weight is 513 g/mol. The second-order valence-corrected chi connectivity index (χ2v) is 11.2. The number of ether oxygens (including phenoxy) is 2. The van der Waals surface area contributed by atoms with Crippen LogP contribution in [0.15, 0.2) is 47.3 Å². The fourth-order valence-corrected chi connectivity index (χ4v) is 4.78. The third kappa shape index (κ3) is 9.52. The first kappa shape index (κ1) is 28.7. The van der Waals surface area contributed by atoms with Crippen LogP contribution in [0.3, 0.4) is 0 Å². The van der Waals surface area contributed by atoms with Crippen molar-refractivity contribution in [1.29, 1.82) is 0 Å². The molecule has 3 rings (SSSR count). The summed E-state index contributed by atoms with van der Waals surface area (Å²) in [7, 11) is 0. The summed E-state index contributed by atoms with van der Waals surface area (Å²) in [5.41, 5.74) is 2.11. The Kier molecular flexibility index (Phi) is 10.6. The number of likely N-dealkylation sites (tertiary alicyclic amines) is 1. The first-order valence-corrected chi connectivity index (χ1v) is 13.8. The second kappa shape index (κ2) is 13.6. The van der Waals surface area contributed by atoms with Gasteiger partial charge in [0.25, 0.3) is 0 Å². The van der Waals surface area contributed by atoms with Crippen LogP contribution >= 0.6 is 0 Å². The Morgan fingerprint density at radius 1 is 1.08 bits per heavy atom. The first-order chi connectivity index (χ1) is 17.6. The van der Waals surface area contributed by atoms with Crippen LogP contribution in [0, 0.1) is 11.8 Å². The van der Waals surface area contributed by atoms with E-state index in [9.17, 15) is 14.4 Å². The fourth-order valence-electron chi connectivity index (χ4n) is 4.78. The minimum Gasteiger partial charge on any atom is -0.493 e. The summed E-state index contributed by atoms with van der Waals surface area (Å²) in [5, 5.41) is 2.92. The molecule has 1 fully saturated rings. The maximum absolute atomic E-state index is 12.4. The molecule has 0 bridgehead atoms. The SMILES string of the molecule is CCC(=O)CCNC(=O)C1CC=C(C2=CC=C(OCC3CCN(C(=O)OC(C)(C)C)CC3)C=CC2)CC1. The maximum atomic E-state index is 12.4. The normalized spacial score (nSPS) is 20.8. The van der Waals surface area contributed by atoms with E-state index in [4.69, 9.17) is 9.47 Å². The van der Waals surface area contributed by atoms with Crippen molar-refractivity contribution in [1.82, 2.24) is 10.2 Å². The molecule has 204 valence electrons. The van der Waals surface area contributed by atoms with Crippen molar-refractivity contribution in [2.24, 2.45) is 11.8 Å². The molecule has 1 atom stereocenters. The Morgan fingerprint density at radius 2 is 1.84 bits per heavy atom. The highest BCUT2D eigenvalue weighted by atomic mass is 16.6. The highest BCUT2D eigenvalue weighted by Crippen LogP contribution is 2.31. The lowest BCUT2D eigenvalue weighted by Gasteiger charge is -2.33. The van der Waals surface area contributed by atoms with Crippen LogP contribution < -0.4 is 5.32 Å². The molecule has 2 amide bonds. The van der Waals surface area contributed by atoms with Crippen LogP contribution in [-0.4, -0.2) is 54.5 Å². The number of nitrogens with one attached hydrogen (secondary N) is 1. The number of carbonyl (C=O) groups is 3. The van der Waals surface area contributed by atoms with Crippen molar-refractivity contribution in [2.75, 3.05) is 26.2 Å². The molecule has 0 spiro atoms. The molecule has 37 heavy (non-hydrogen) atoms. The minimum absolute atomic E-state index is 0.0152. The molecule has 0 saturated carbocycles. The van der Waals surface area contributed by atoms with Crippen molar-refractivity contribution in [2.45, 2.75) is 84.7 Å². The average Bonchev–Trinajstić information content (AvgIpc) is 3.12. The van der Waals surface area contributed by atoms with E-state index in [0.717, 1.165) is 44.3 Å². The van der Waals surface area contributed by atoms with Crippen molar-refractivity contribution in [3.8, 4) is 0 Å². The number of Topliss-reactive ketones (excluding diaryl/α,β-unsaturated/α-hetero) is 1. The van der Waals surface area contributed by atoms with E-state index in [2.05, 4.69) is 23.5 Å². The fraction of sp³-hybridized carbons (Fsp3) is 0.633. The Bertz CT molecular complexity index is 946. The molecule has 1 saturated heterocycles. The Morgan fingerprint density at radius 3 is 2.49 bits per heavy atom. The van der Waals surface area contributed by atoms with Gasteiger partial charge in [-0.05, 0) is 88.5 Å². The van der Waals surface area contributed by atoms with Gasteiger partial charge in [-0.1, -0.05) is 25.2 Å². The van der Waals surface area contributed by atoms with Gasteiger partial charge in [0, 0.05) is 38.4 Å². The van der Waals surface area contributed by atoms with E-state index >= 15 is 0 Å². The molecule has 1 unspecified atom stereocenters. The molecule has 7 nitrogen and oxygen atoms in total. The van der Waals surface area contributed by atoms with Crippen LogP contribution in [0.5, 0.6) is 0 Å². The first-order valence-electron chi connectivity index (χ1n) is 13.8. The van der Waals surface area contributed by atoms with E-state index in [1.807, 2.05) is 39.8 Å². The Hall–Kier alpha value is -2.83. The van der Waals surface area contributed by atoms with Gasteiger partial charge in [-0.3, -0.25) is 9.59 Å². The number of amides is 2. The van der Waals surface area contributed by atoms with Gasteiger partial charge in [0.15, 0.2) is 0 Å². The molecule has 0 aromatic heterocycles. The van der Waals surface area contributed by atoms with Gasteiger partial charge >= 0.3 is 6.09 Å². The molecule has 0 radical (unpaired) electrons. The third-order valence-corrected chi connectivity index (χ3v) is 7.11. The number of hydrogen-bond acceptors (Lipinski definition) is 5.